The summed E-state index contributed by atoms with van der Waals surface area (Å²) in [6, 6.07) is 9.69. The Balaban J connectivity index is 1.35. The van der Waals surface area contributed by atoms with E-state index in [0.717, 1.165) is 30.2 Å². The lowest BCUT2D eigenvalue weighted by Gasteiger charge is -2.06. The molecule has 0 aliphatic heterocycles. The summed E-state index contributed by atoms with van der Waals surface area (Å²) in [5.74, 6) is 0.787. The summed E-state index contributed by atoms with van der Waals surface area (Å²) >= 11 is 1.42. The van der Waals surface area contributed by atoms with E-state index in [0.29, 0.717) is 18.3 Å². The number of ether oxygens (including phenoxy) is 1. The largest absolute Gasteiger partial charge is 0.381 e. The zero-order valence-electron chi connectivity index (χ0n) is 13.0. The second kappa shape index (κ2) is 8.08. The van der Waals surface area contributed by atoms with Gasteiger partial charge in [-0.15, -0.1) is 11.3 Å². The Morgan fingerprint density at radius 1 is 1.30 bits per heavy atom. The molecule has 0 radical (unpaired) electrons. The number of anilines is 1. The highest BCUT2D eigenvalue weighted by molar-refractivity contribution is 7.14. The minimum atomic E-state index is -0.221. The number of benzene rings is 1. The summed E-state index contributed by atoms with van der Waals surface area (Å²) < 4.78 is 5.53. The fraction of sp³-hybridized carbons (Fsp3) is 0.412. The molecule has 1 aliphatic carbocycles. The molecule has 1 aromatic carbocycles. The van der Waals surface area contributed by atoms with Gasteiger partial charge in [-0.05, 0) is 25.2 Å². The van der Waals surface area contributed by atoms with Crippen LogP contribution in [0.1, 0.15) is 19.3 Å². The SMILES string of the molecule is O=C(NCCCOCC1CC1)Nc1nc(-c2ccccc2)cs1. The predicted octanol–water partition coefficient (Wildman–Crippen LogP) is 3.75. The minimum Gasteiger partial charge on any atom is -0.381 e. The Hall–Kier alpha value is -1.92. The third kappa shape index (κ3) is 5.33. The minimum absolute atomic E-state index is 0.221. The quantitative estimate of drug-likeness (QED) is 0.724. The van der Waals surface area contributed by atoms with Crippen molar-refractivity contribution in [2.24, 2.45) is 5.92 Å². The number of nitrogens with one attached hydrogen (secondary N) is 2. The molecule has 23 heavy (non-hydrogen) atoms. The van der Waals surface area contributed by atoms with E-state index in [2.05, 4.69) is 15.6 Å². The number of carbonyl (C=O) groups excluding carboxylic acids is 1. The van der Waals surface area contributed by atoms with Crippen LogP contribution in [0.25, 0.3) is 11.3 Å². The van der Waals surface area contributed by atoms with Crippen molar-refractivity contribution in [3.05, 3.63) is 35.7 Å². The standard InChI is InChI=1S/C17H21N3O2S/c21-16(18-9-4-10-22-11-13-7-8-13)20-17-19-15(12-23-17)14-5-2-1-3-6-14/h1-3,5-6,12-13H,4,7-11H2,(H2,18,19,20,21). The van der Waals surface area contributed by atoms with E-state index in [9.17, 15) is 4.79 Å². The fourth-order valence-corrected chi connectivity index (χ4v) is 2.84. The molecule has 2 aromatic rings. The zero-order chi connectivity index (χ0) is 15.9. The molecule has 5 nitrogen and oxygen atoms in total. The molecule has 1 aliphatic rings. The third-order valence-electron chi connectivity index (χ3n) is 3.60. The van der Waals surface area contributed by atoms with Crippen molar-refractivity contribution in [2.45, 2.75) is 19.3 Å². The summed E-state index contributed by atoms with van der Waals surface area (Å²) in [6.07, 6.45) is 3.44. The van der Waals surface area contributed by atoms with Crippen LogP contribution in [0, 0.1) is 5.92 Å². The molecule has 0 atom stereocenters. The van der Waals surface area contributed by atoms with E-state index in [1.165, 1.54) is 24.2 Å². The lowest BCUT2D eigenvalue weighted by atomic mass is 10.2. The molecule has 0 unspecified atom stereocenters. The number of carbonyl (C=O) groups is 1. The smallest absolute Gasteiger partial charge is 0.321 e. The van der Waals surface area contributed by atoms with Crippen molar-refractivity contribution in [3.8, 4) is 11.3 Å². The Morgan fingerprint density at radius 3 is 2.91 bits per heavy atom. The highest BCUT2D eigenvalue weighted by atomic mass is 32.1. The lowest BCUT2D eigenvalue weighted by Crippen LogP contribution is -2.30. The molecule has 1 heterocycles. The monoisotopic (exact) mass is 331 g/mol. The van der Waals surface area contributed by atoms with Crippen LogP contribution in [0.2, 0.25) is 0 Å². The van der Waals surface area contributed by atoms with Crippen LogP contribution >= 0.6 is 11.3 Å². The molecule has 1 aromatic heterocycles. The number of thiazole rings is 1. The van der Waals surface area contributed by atoms with E-state index in [1.54, 1.807) is 0 Å². The molecule has 2 amide bonds. The summed E-state index contributed by atoms with van der Waals surface area (Å²) in [6.45, 7) is 2.17. The van der Waals surface area contributed by atoms with E-state index in [4.69, 9.17) is 4.74 Å². The van der Waals surface area contributed by atoms with E-state index >= 15 is 0 Å². The number of hydrogen-bond acceptors (Lipinski definition) is 4. The highest BCUT2D eigenvalue weighted by Crippen LogP contribution is 2.28. The summed E-state index contributed by atoms with van der Waals surface area (Å²) in [4.78, 5) is 16.2. The molecule has 0 saturated heterocycles. The van der Waals surface area contributed by atoms with Crippen LogP contribution in [-0.4, -0.2) is 30.8 Å². The molecule has 0 spiro atoms. The first-order chi connectivity index (χ1) is 11.3. The van der Waals surface area contributed by atoms with Gasteiger partial charge < -0.3 is 10.1 Å². The summed E-state index contributed by atoms with van der Waals surface area (Å²) in [5.41, 5.74) is 1.92. The van der Waals surface area contributed by atoms with Crippen LogP contribution in [0.3, 0.4) is 0 Å². The maximum Gasteiger partial charge on any atom is 0.321 e. The molecular weight excluding hydrogens is 310 g/mol. The van der Waals surface area contributed by atoms with Gasteiger partial charge >= 0.3 is 6.03 Å². The first kappa shape index (κ1) is 16.0. The van der Waals surface area contributed by atoms with Crippen molar-refractivity contribution < 1.29 is 9.53 Å². The first-order valence-electron chi connectivity index (χ1n) is 7.95. The van der Waals surface area contributed by atoms with Crippen LogP contribution in [0.4, 0.5) is 9.93 Å². The van der Waals surface area contributed by atoms with Crippen LogP contribution < -0.4 is 10.6 Å². The first-order valence-corrected chi connectivity index (χ1v) is 8.83. The van der Waals surface area contributed by atoms with Crippen molar-refractivity contribution in [1.82, 2.24) is 10.3 Å². The average molecular weight is 331 g/mol. The fourth-order valence-electron chi connectivity index (χ4n) is 2.12. The molecule has 1 saturated carbocycles. The summed E-state index contributed by atoms with van der Waals surface area (Å²) in [5, 5.41) is 8.13. The predicted molar refractivity (Wildman–Crippen MR) is 92.7 cm³/mol. The van der Waals surface area contributed by atoms with E-state index in [-0.39, 0.29) is 6.03 Å². The van der Waals surface area contributed by atoms with Crippen LogP contribution in [0.5, 0.6) is 0 Å². The number of amides is 2. The van der Waals surface area contributed by atoms with Gasteiger partial charge in [0.15, 0.2) is 5.13 Å². The number of urea groups is 1. The Morgan fingerprint density at radius 2 is 2.13 bits per heavy atom. The van der Waals surface area contributed by atoms with Gasteiger partial charge in [-0.3, -0.25) is 5.32 Å². The lowest BCUT2D eigenvalue weighted by molar-refractivity contribution is 0.122. The van der Waals surface area contributed by atoms with Crippen molar-refractivity contribution in [2.75, 3.05) is 25.1 Å². The Labute approximate surface area is 140 Å². The maximum atomic E-state index is 11.8. The molecule has 3 rings (SSSR count). The third-order valence-corrected chi connectivity index (χ3v) is 4.35. The average Bonchev–Trinajstić information content (AvgIpc) is 3.29. The molecule has 6 heteroatoms. The summed E-state index contributed by atoms with van der Waals surface area (Å²) in [7, 11) is 0. The van der Waals surface area contributed by atoms with Gasteiger partial charge in [0.1, 0.15) is 0 Å². The molecule has 122 valence electrons. The second-order valence-corrected chi connectivity index (χ2v) is 6.51. The van der Waals surface area contributed by atoms with Crippen molar-refractivity contribution >= 4 is 22.5 Å². The van der Waals surface area contributed by atoms with Gasteiger partial charge in [0.05, 0.1) is 5.69 Å². The van der Waals surface area contributed by atoms with Crippen LogP contribution in [0.15, 0.2) is 35.7 Å². The van der Waals surface area contributed by atoms with Crippen LogP contribution in [-0.2, 0) is 4.74 Å². The van der Waals surface area contributed by atoms with Crippen molar-refractivity contribution in [1.29, 1.82) is 0 Å². The zero-order valence-corrected chi connectivity index (χ0v) is 13.8. The molecule has 2 N–H and O–H groups in total. The van der Waals surface area contributed by atoms with Gasteiger partial charge in [-0.25, -0.2) is 9.78 Å². The van der Waals surface area contributed by atoms with Gasteiger partial charge in [-0.1, -0.05) is 30.3 Å². The topological polar surface area (TPSA) is 63.2 Å². The number of hydrogen-bond donors (Lipinski definition) is 2. The number of rotatable bonds is 8. The number of nitrogens with zero attached hydrogens (tertiary/aromatic N) is 1. The van der Waals surface area contributed by atoms with E-state index in [1.807, 2.05) is 35.7 Å². The highest BCUT2D eigenvalue weighted by Gasteiger charge is 2.20. The van der Waals surface area contributed by atoms with E-state index < -0.39 is 0 Å². The van der Waals surface area contributed by atoms with Gasteiger partial charge in [0, 0.05) is 30.7 Å². The second-order valence-electron chi connectivity index (χ2n) is 5.66. The molecule has 1 fully saturated rings. The Kier molecular flexibility index (Phi) is 5.60. The van der Waals surface area contributed by atoms with Crippen molar-refractivity contribution in [3.63, 3.8) is 0 Å². The molecule has 0 bridgehead atoms. The van der Waals surface area contributed by atoms with Gasteiger partial charge in [-0.2, -0.15) is 0 Å². The normalized spacial score (nSPS) is 13.7. The van der Waals surface area contributed by atoms with Gasteiger partial charge in [0.25, 0.3) is 0 Å². The van der Waals surface area contributed by atoms with Gasteiger partial charge in [0.2, 0.25) is 0 Å². The number of aromatic nitrogens is 1. The Bertz CT molecular complexity index is 626. The maximum absolute atomic E-state index is 11.8. The molecular formula is C17H21N3O2S.